The van der Waals surface area contributed by atoms with Gasteiger partial charge in [0.15, 0.2) is 0 Å². The summed E-state index contributed by atoms with van der Waals surface area (Å²) < 4.78 is 27.6. The van der Waals surface area contributed by atoms with Crippen molar-refractivity contribution in [1.82, 2.24) is 14.9 Å². The molecule has 1 aromatic heterocycles. The van der Waals surface area contributed by atoms with Crippen molar-refractivity contribution in [2.45, 2.75) is 18.4 Å². The predicted molar refractivity (Wildman–Crippen MR) is 99.5 cm³/mol. The van der Waals surface area contributed by atoms with E-state index in [1.165, 1.54) is 29.0 Å². The number of sulfonamides is 1. The Hall–Kier alpha value is -2.62. The first-order chi connectivity index (χ1) is 12.5. The highest BCUT2D eigenvalue weighted by Gasteiger charge is 2.18. The van der Waals surface area contributed by atoms with Crippen LogP contribution in [-0.4, -0.2) is 24.5 Å². The van der Waals surface area contributed by atoms with Crippen LogP contribution in [0, 0.1) is 6.92 Å². The zero-order valence-electron chi connectivity index (χ0n) is 13.8. The van der Waals surface area contributed by atoms with E-state index in [0.29, 0.717) is 10.7 Å². The molecule has 0 aliphatic rings. The van der Waals surface area contributed by atoms with Gasteiger partial charge < -0.3 is 0 Å². The zero-order chi connectivity index (χ0) is 18.6. The fraction of sp³-hybridized carbons (Fsp3) is 0.118. The summed E-state index contributed by atoms with van der Waals surface area (Å²) in [6.45, 7) is 1.91. The lowest BCUT2D eigenvalue weighted by molar-refractivity contribution is 0.102. The van der Waals surface area contributed by atoms with Gasteiger partial charge in [-0.15, -0.1) is 10.2 Å². The first-order valence-corrected chi connectivity index (χ1v) is 10.0. The van der Waals surface area contributed by atoms with Gasteiger partial charge in [-0.3, -0.25) is 10.1 Å². The van der Waals surface area contributed by atoms with Gasteiger partial charge in [0.05, 0.1) is 4.90 Å². The molecule has 1 amide bonds. The molecule has 0 aliphatic carbocycles. The molecule has 0 saturated carbocycles. The average molecular weight is 388 g/mol. The molecule has 9 heteroatoms. The summed E-state index contributed by atoms with van der Waals surface area (Å²) in [6, 6.07) is 13.6. The van der Waals surface area contributed by atoms with E-state index in [-0.39, 0.29) is 17.0 Å². The van der Waals surface area contributed by atoms with Crippen LogP contribution in [0.25, 0.3) is 0 Å². The van der Waals surface area contributed by atoms with Crippen LogP contribution in [0.15, 0.2) is 58.9 Å². The number of carbonyl (C=O) groups is 1. The fourth-order valence-electron chi connectivity index (χ4n) is 2.26. The summed E-state index contributed by atoms with van der Waals surface area (Å²) in [5.41, 5.74) is 3.27. The normalized spacial score (nSPS) is 11.3. The van der Waals surface area contributed by atoms with E-state index in [1.807, 2.05) is 30.3 Å². The number of hydrogen-bond donors (Lipinski definition) is 2. The molecule has 2 aromatic carbocycles. The molecule has 0 saturated heterocycles. The standard InChI is InChI=1S/C17H16N4O3S2/c1-12-7-8-14(9-15(12)16(22)20-17-21-18-11-25-17)26(23,24)19-10-13-5-3-2-4-6-13/h2-9,11,19H,10H2,1H3,(H,20,21,22). The van der Waals surface area contributed by atoms with Crippen molar-refractivity contribution in [3.63, 3.8) is 0 Å². The van der Waals surface area contributed by atoms with Crippen LogP contribution in [0.2, 0.25) is 0 Å². The van der Waals surface area contributed by atoms with Gasteiger partial charge in [0.2, 0.25) is 15.2 Å². The van der Waals surface area contributed by atoms with Crippen molar-refractivity contribution in [2.75, 3.05) is 5.32 Å². The molecule has 0 atom stereocenters. The summed E-state index contributed by atoms with van der Waals surface area (Å²) >= 11 is 1.18. The van der Waals surface area contributed by atoms with Crippen molar-refractivity contribution in [2.24, 2.45) is 0 Å². The lowest BCUT2D eigenvalue weighted by atomic mass is 10.1. The summed E-state index contributed by atoms with van der Waals surface area (Å²) in [7, 11) is -3.75. The molecule has 0 radical (unpaired) electrons. The Morgan fingerprint density at radius 1 is 1.15 bits per heavy atom. The predicted octanol–water partition coefficient (Wildman–Crippen LogP) is 2.58. The maximum absolute atomic E-state index is 12.5. The van der Waals surface area contributed by atoms with Gasteiger partial charge in [0.1, 0.15) is 5.51 Å². The Morgan fingerprint density at radius 2 is 1.92 bits per heavy atom. The smallest absolute Gasteiger partial charge is 0.257 e. The summed E-state index contributed by atoms with van der Waals surface area (Å²) in [4.78, 5) is 12.4. The molecule has 3 rings (SSSR count). The van der Waals surface area contributed by atoms with Gasteiger partial charge in [0, 0.05) is 12.1 Å². The summed E-state index contributed by atoms with van der Waals surface area (Å²) in [5.74, 6) is -0.431. The van der Waals surface area contributed by atoms with Crippen molar-refractivity contribution in [3.05, 3.63) is 70.7 Å². The van der Waals surface area contributed by atoms with Crippen molar-refractivity contribution in [3.8, 4) is 0 Å². The molecule has 3 aromatic rings. The van der Waals surface area contributed by atoms with E-state index in [4.69, 9.17) is 0 Å². The minimum absolute atomic E-state index is 0.0291. The van der Waals surface area contributed by atoms with Crippen LogP contribution in [-0.2, 0) is 16.6 Å². The van der Waals surface area contributed by atoms with E-state index in [0.717, 1.165) is 5.56 Å². The van der Waals surface area contributed by atoms with Crippen LogP contribution in [0.3, 0.4) is 0 Å². The Labute approximate surface area is 155 Å². The second-order valence-electron chi connectivity index (χ2n) is 5.48. The first kappa shape index (κ1) is 18.2. The number of nitrogens with zero attached hydrogens (tertiary/aromatic N) is 2. The summed E-state index contributed by atoms with van der Waals surface area (Å²) in [6.07, 6.45) is 0. The number of nitrogens with one attached hydrogen (secondary N) is 2. The molecule has 0 unspecified atom stereocenters. The van der Waals surface area contributed by atoms with Gasteiger partial charge in [0.25, 0.3) is 5.91 Å². The van der Waals surface area contributed by atoms with Gasteiger partial charge in [-0.1, -0.05) is 47.7 Å². The number of rotatable bonds is 6. The Bertz CT molecular complexity index is 1000. The number of anilines is 1. The lowest BCUT2D eigenvalue weighted by Crippen LogP contribution is -2.24. The fourth-order valence-corrected chi connectivity index (χ4v) is 3.75. The zero-order valence-corrected chi connectivity index (χ0v) is 15.5. The molecule has 0 aliphatic heterocycles. The van der Waals surface area contributed by atoms with Crippen molar-refractivity contribution < 1.29 is 13.2 Å². The van der Waals surface area contributed by atoms with E-state index >= 15 is 0 Å². The number of benzene rings is 2. The third-order valence-electron chi connectivity index (χ3n) is 3.65. The monoisotopic (exact) mass is 388 g/mol. The van der Waals surface area contributed by atoms with Crippen LogP contribution >= 0.6 is 11.3 Å². The summed E-state index contributed by atoms with van der Waals surface area (Å²) in [5, 5.41) is 10.4. The van der Waals surface area contributed by atoms with Gasteiger partial charge in [-0.25, -0.2) is 13.1 Å². The number of aryl methyl sites for hydroxylation is 1. The Kier molecular flexibility index (Phi) is 5.40. The molecule has 0 bridgehead atoms. The second kappa shape index (κ2) is 7.73. The van der Waals surface area contributed by atoms with E-state index in [2.05, 4.69) is 20.2 Å². The van der Waals surface area contributed by atoms with Crippen molar-refractivity contribution in [1.29, 1.82) is 0 Å². The number of amides is 1. The third-order valence-corrected chi connectivity index (χ3v) is 5.66. The van der Waals surface area contributed by atoms with Crippen LogP contribution in [0.1, 0.15) is 21.5 Å². The van der Waals surface area contributed by atoms with E-state index < -0.39 is 15.9 Å². The third kappa shape index (κ3) is 4.31. The Balaban J connectivity index is 1.80. The van der Waals surface area contributed by atoms with E-state index in [1.54, 1.807) is 13.0 Å². The minimum Gasteiger partial charge on any atom is -0.296 e. The average Bonchev–Trinajstić information content (AvgIpc) is 3.14. The van der Waals surface area contributed by atoms with Crippen LogP contribution in [0.5, 0.6) is 0 Å². The highest BCUT2D eigenvalue weighted by atomic mass is 32.2. The minimum atomic E-state index is -3.75. The van der Waals surface area contributed by atoms with Gasteiger partial charge in [-0.2, -0.15) is 0 Å². The molecule has 26 heavy (non-hydrogen) atoms. The number of hydrogen-bond acceptors (Lipinski definition) is 6. The molecular weight excluding hydrogens is 372 g/mol. The molecule has 7 nitrogen and oxygen atoms in total. The highest BCUT2D eigenvalue weighted by Crippen LogP contribution is 2.18. The van der Waals surface area contributed by atoms with Crippen molar-refractivity contribution >= 4 is 32.4 Å². The van der Waals surface area contributed by atoms with Crippen LogP contribution < -0.4 is 10.0 Å². The lowest BCUT2D eigenvalue weighted by Gasteiger charge is -2.10. The molecular formula is C17H16N4O3S2. The molecule has 0 spiro atoms. The Morgan fingerprint density at radius 3 is 2.62 bits per heavy atom. The molecule has 134 valence electrons. The maximum Gasteiger partial charge on any atom is 0.257 e. The van der Waals surface area contributed by atoms with Crippen LogP contribution in [0.4, 0.5) is 5.13 Å². The van der Waals surface area contributed by atoms with Gasteiger partial charge in [-0.05, 0) is 30.2 Å². The second-order valence-corrected chi connectivity index (χ2v) is 8.09. The molecule has 1 heterocycles. The van der Waals surface area contributed by atoms with Gasteiger partial charge >= 0.3 is 0 Å². The quantitative estimate of drug-likeness (QED) is 0.676. The number of carbonyl (C=O) groups excluding carboxylic acids is 1. The topological polar surface area (TPSA) is 101 Å². The molecule has 0 fully saturated rings. The SMILES string of the molecule is Cc1ccc(S(=O)(=O)NCc2ccccc2)cc1C(=O)Nc1nncs1. The molecule has 2 N–H and O–H groups in total. The highest BCUT2D eigenvalue weighted by molar-refractivity contribution is 7.89. The van der Waals surface area contributed by atoms with E-state index in [9.17, 15) is 13.2 Å². The maximum atomic E-state index is 12.5. The first-order valence-electron chi connectivity index (χ1n) is 7.67. The number of aromatic nitrogens is 2. The largest absolute Gasteiger partial charge is 0.296 e.